The Morgan fingerprint density at radius 2 is 0.660 bits per heavy atom. The van der Waals surface area contributed by atoms with Crippen LogP contribution in [0.25, 0.3) is 100 Å². The van der Waals surface area contributed by atoms with Crippen molar-refractivity contribution in [1.82, 2.24) is 15.0 Å². The van der Waals surface area contributed by atoms with Crippen molar-refractivity contribution in [2.45, 2.75) is 0 Å². The van der Waals surface area contributed by atoms with Gasteiger partial charge in [0.25, 0.3) is 0 Å². The predicted molar refractivity (Wildman–Crippen MR) is 202 cm³/mol. The van der Waals surface area contributed by atoms with Gasteiger partial charge >= 0.3 is 0 Å². The lowest BCUT2D eigenvalue weighted by molar-refractivity contribution is 0.669. The third-order valence-electron chi connectivity index (χ3n) is 9.31. The van der Waals surface area contributed by atoms with E-state index in [9.17, 15) is 0 Å². The molecule has 0 aliphatic rings. The molecule has 10 aromatic rings. The molecule has 50 heavy (non-hydrogen) atoms. The Bertz CT molecular complexity index is 2680. The number of nitrogens with zero attached hydrogens (tertiary/aromatic N) is 3. The lowest BCUT2D eigenvalue weighted by Crippen LogP contribution is -2.00. The normalized spacial score (nSPS) is 11.6. The fraction of sp³-hybridized carbons (Fsp3) is 0. The van der Waals surface area contributed by atoms with Gasteiger partial charge < -0.3 is 8.83 Å². The van der Waals surface area contributed by atoms with Crippen molar-refractivity contribution in [2.75, 3.05) is 0 Å². The average molecular weight is 642 g/mol. The molecule has 0 unspecified atom stereocenters. The molecule has 7 aromatic carbocycles. The van der Waals surface area contributed by atoms with Crippen LogP contribution in [0.15, 0.2) is 173 Å². The molecule has 3 heterocycles. The molecular weight excluding hydrogens is 615 g/mol. The fourth-order valence-corrected chi connectivity index (χ4v) is 6.93. The second-order valence-corrected chi connectivity index (χ2v) is 12.4. The van der Waals surface area contributed by atoms with Gasteiger partial charge in [-0.1, -0.05) is 127 Å². The van der Waals surface area contributed by atoms with E-state index in [1.54, 1.807) is 0 Å². The number of aromatic nitrogens is 3. The minimum atomic E-state index is 0.580. The molecule has 0 amide bonds. The summed E-state index contributed by atoms with van der Waals surface area (Å²) in [6, 6.07) is 55.6. The van der Waals surface area contributed by atoms with Crippen molar-refractivity contribution in [3.05, 3.63) is 164 Å². The monoisotopic (exact) mass is 641 g/mol. The number of hydrogen-bond donors (Lipinski definition) is 0. The van der Waals surface area contributed by atoms with Crippen LogP contribution in [0.3, 0.4) is 0 Å². The quantitative estimate of drug-likeness (QED) is 0.187. The Labute approximate surface area is 287 Å². The van der Waals surface area contributed by atoms with Crippen LogP contribution in [0.2, 0.25) is 0 Å². The summed E-state index contributed by atoms with van der Waals surface area (Å²) in [5, 5.41) is 4.11. The third-order valence-corrected chi connectivity index (χ3v) is 9.31. The van der Waals surface area contributed by atoms with Crippen LogP contribution in [-0.2, 0) is 0 Å². The van der Waals surface area contributed by atoms with Gasteiger partial charge in [0.2, 0.25) is 0 Å². The van der Waals surface area contributed by atoms with Gasteiger partial charge in [-0.2, -0.15) is 0 Å². The molecule has 0 radical (unpaired) electrons. The number of benzene rings is 7. The SMILES string of the molecule is c1ccc(-c2nc(-c3cc(-c4ccccc4)c4oc5ccccc5c4c3)nc(-c3cc(-c4ccccc4)c4oc5ccccc5c4c3)n2)cc1. The summed E-state index contributed by atoms with van der Waals surface area (Å²) >= 11 is 0. The van der Waals surface area contributed by atoms with Gasteiger partial charge in [0, 0.05) is 49.4 Å². The highest BCUT2D eigenvalue weighted by Crippen LogP contribution is 2.41. The van der Waals surface area contributed by atoms with Crippen LogP contribution >= 0.6 is 0 Å². The number of furan rings is 2. The molecule has 0 bridgehead atoms. The van der Waals surface area contributed by atoms with Crippen LogP contribution in [0.1, 0.15) is 0 Å². The molecule has 3 aromatic heterocycles. The summed E-state index contributed by atoms with van der Waals surface area (Å²) in [5.41, 5.74) is 10.1. The maximum absolute atomic E-state index is 6.48. The lowest BCUT2D eigenvalue weighted by atomic mass is 9.98. The number of hydrogen-bond acceptors (Lipinski definition) is 5. The van der Waals surface area contributed by atoms with Crippen LogP contribution in [0.4, 0.5) is 0 Å². The van der Waals surface area contributed by atoms with Gasteiger partial charge in [-0.05, 0) is 47.5 Å². The Morgan fingerprint density at radius 3 is 1.10 bits per heavy atom. The van der Waals surface area contributed by atoms with E-state index in [2.05, 4.69) is 60.7 Å². The first-order valence-electron chi connectivity index (χ1n) is 16.6. The van der Waals surface area contributed by atoms with E-state index in [1.165, 1.54) is 0 Å². The van der Waals surface area contributed by atoms with E-state index in [4.69, 9.17) is 23.8 Å². The first-order valence-corrected chi connectivity index (χ1v) is 16.6. The van der Waals surface area contributed by atoms with Crippen molar-refractivity contribution in [3.8, 4) is 56.4 Å². The molecule has 5 nitrogen and oxygen atoms in total. The summed E-state index contributed by atoms with van der Waals surface area (Å²) in [6.45, 7) is 0. The highest BCUT2D eigenvalue weighted by molar-refractivity contribution is 6.12. The van der Waals surface area contributed by atoms with Crippen molar-refractivity contribution >= 4 is 43.9 Å². The Hall–Kier alpha value is -6.85. The number of fused-ring (bicyclic) bond motifs is 6. The van der Waals surface area contributed by atoms with Gasteiger partial charge in [-0.15, -0.1) is 0 Å². The van der Waals surface area contributed by atoms with Gasteiger partial charge in [-0.3, -0.25) is 0 Å². The van der Waals surface area contributed by atoms with E-state index in [0.29, 0.717) is 17.5 Å². The second-order valence-electron chi connectivity index (χ2n) is 12.4. The van der Waals surface area contributed by atoms with Crippen LogP contribution in [0.5, 0.6) is 0 Å². The molecule has 0 aliphatic carbocycles. The minimum absolute atomic E-state index is 0.580. The largest absolute Gasteiger partial charge is 0.455 e. The Balaban J connectivity index is 1.26. The summed E-state index contributed by atoms with van der Waals surface area (Å²) in [4.78, 5) is 15.5. The third kappa shape index (κ3) is 4.67. The molecule has 10 rings (SSSR count). The summed E-state index contributed by atoms with van der Waals surface area (Å²) < 4.78 is 13.0. The summed E-state index contributed by atoms with van der Waals surface area (Å²) in [5.74, 6) is 1.76. The van der Waals surface area contributed by atoms with Crippen molar-refractivity contribution in [3.63, 3.8) is 0 Å². The van der Waals surface area contributed by atoms with E-state index in [1.807, 2.05) is 103 Å². The maximum Gasteiger partial charge on any atom is 0.164 e. The van der Waals surface area contributed by atoms with Crippen molar-refractivity contribution in [2.24, 2.45) is 0 Å². The van der Waals surface area contributed by atoms with Crippen LogP contribution in [0, 0.1) is 0 Å². The standard InChI is InChI=1S/C45H27N3O2/c1-4-14-28(15-5-1)35-24-31(26-37-33-20-10-12-22-39(33)49-41(35)37)44-46-43(30-18-8-3-9-19-30)47-45(48-44)32-25-36(29-16-6-2-7-17-29)42-38(27-32)34-21-11-13-23-40(34)50-42/h1-27H. The van der Waals surface area contributed by atoms with Gasteiger partial charge in [0.05, 0.1) is 0 Å². The Morgan fingerprint density at radius 1 is 0.300 bits per heavy atom. The first kappa shape index (κ1) is 28.2. The van der Waals surface area contributed by atoms with E-state index < -0.39 is 0 Å². The van der Waals surface area contributed by atoms with Gasteiger partial charge in [-0.25, -0.2) is 15.0 Å². The minimum Gasteiger partial charge on any atom is -0.455 e. The number of para-hydroxylation sites is 2. The van der Waals surface area contributed by atoms with Crippen molar-refractivity contribution in [1.29, 1.82) is 0 Å². The topological polar surface area (TPSA) is 65.0 Å². The molecule has 0 atom stereocenters. The highest BCUT2D eigenvalue weighted by atomic mass is 16.3. The van der Waals surface area contributed by atoms with Crippen LogP contribution < -0.4 is 0 Å². The Kier molecular flexibility index (Phi) is 6.42. The fourth-order valence-electron chi connectivity index (χ4n) is 6.93. The molecule has 0 spiro atoms. The molecule has 0 fully saturated rings. The maximum atomic E-state index is 6.48. The van der Waals surface area contributed by atoms with E-state index >= 15 is 0 Å². The summed E-state index contributed by atoms with van der Waals surface area (Å²) in [7, 11) is 0. The molecule has 0 saturated heterocycles. The molecule has 234 valence electrons. The lowest BCUT2D eigenvalue weighted by Gasteiger charge is -2.12. The van der Waals surface area contributed by atoms with E-state index in [0.717, 1.165) is 82.8 Å². The molecule has 0 N–H and O–H groups in total. The van der Waals surface area contributed by atoms with Gasteiger partial charge in [0.1, 0.15) is 22.3 Å². The zero-order valence-electron chi connectivity index (χ0n) is 26.7. The predicted octanol–water partition coefficient (Wildman–Crippen LogP) is 12.0. The van der Waals surface area contributed by atoms with Crippen LogP contribution in [-0.4, -0.2) is 15.0 Å². The van der Waals surface area contributed by atoms with E-state index in [-0.39, 0.29) is 0 Å². The van der Waals surface area contributed by atoms with Crippen molar-refractivity contribution < 1.29 is 8.83 Å². The highest BCUT2D eigenvalue weighted by Gasteiger charge is 2.20. The summed E-state index contributed by atoms with van der Waals surface area (Å²) in [6.07, 6.45) is 0. The molecule has 0 aliphatic heterocycles. The zero-order valence-corrected chi connectivity index (χ0v) is 26.7. The zero-order chi connectivity index (χ0) is 33.0. The smallest absolute Gasteiger partial charge is 0.164 e. The first-order chi connectivity index (χ1) is 24.8. The average Bonchev–Trinajstić information content (AvgIpc) is 3.76. The second kappa shape index (κ2) is 11.4. The molecular formula is C45H27N3O2. The molecule has 5 heteroatoms. The molecule has 0 saturated carbocycles. The van der Waals surface area contributed by atoms with Gasteiger partial charge in [0.15, 0.2) is 17.5 Å². The number of rotatable bonds is 5.